The summed E-state index contributed by atoms with van der Waals surface area (Å²) in [5.74, 6) is -0.0601. The van der Waals surface area contributed by atoms with Crippen LogP contribution >= 0.6 is 11.6 Å². The van der Waals surface area contributed by atoms with Crippen molar-refractivity contribution in [2.75, 3.05) is 13.1 Å². The van der Waals surface area contributed by atoms with Crippen LogP contribution in [0.2, 0.25) is 5.02 Å². The molecule has 1 fully saturated rings. The molecular formula is C19H21ClN2O3S. The highest BCUT2D eigenvalue weighted by molar-refractivity contribution is 7.89. The number of hydrogen-bond donors (Lipinski definition) is 1. The normalized spacial score (nSPS) is 18.8. The quantitative estimate of drug-likeness (QED) is 0.867. The largest absolute Gasteiger partial charge is 0.353 e. The summed E-state index contributed by atoms with van der Waals surface area (Å²) in [6.07, 6.45) is 0. The molecule has 1 aliphatic heterocycles. The second-order valence-electron chi connectivity index (χ2n) is 6.55. The maximum absolute atomic E-state index is 13.2. The molecule has 1 amide bonds. The van der Waals surface area contributed by atoms with Crippen LogP contribution in [0, 0.1) is 0 Å². The first kappa shape index (κ1) is 18.9. The average Bonchev–Trinajstić information content (AvgIpc) is 2.62. The van der Waals surface area contributed by atoms with E-state index < -0.39 is 16.1 Å². The molecular weight excluding hydrogens is 372 g/mol. The standard InChI is InChI=1S/C19H21ClN2O3S/c1-13(2)14-7-9-15(10-8-14)26(24,25)22-12-11-21-19(23)18(22)16-5-3-4-6-17(16)20/h3-10,13,18H,11-12H2,1-2H3,(H,21,23). The molecule has 138 valence electrons. The van der Waals surface area contributed by atoms with E-state index in [2.05, 4.69) is 5.32 Å². The third-order valence-corrected chi connectivity index (χ3v) is 6.74. The molecule has 3 rings (SSSR count). The number of piperazine rings is 1. The molecule has 0 spiro atoms. The zero-order valence-electron chi connectivity index (χ0n) is 14.6. The Balaban J connectivity index is 2.03. The van der Waals surface area contributed by atoms with E-state index in [-0.39, 0.29) is 23.9 Å². The minimum Gasteiger partial charge on any atom is -0.353 e. The molecule has 1 saturated heterocycles. The highest BCUT2D eigenvalue weighted by Gasteiger charge is 2.40. The number of carbonyl (C=O) groups excluding carboxylic acids is 1. The van der Waals surface area contributed by atoms with Crippen molar-refractivity contribution >= 4 is 27.5 Å². The monoisotopic (exact) mass is 392 g/mol. The van der Waals surface area contributed by atoms with Crippen LogP contribution in [0.1, 0.15) is 36.9 Å². The first-order valence-electron chi connectivity index (χ1n) is 8.46. The van der Waals surface area contributed by atoms with Crippen molar-refractivity contribution in [3.63, 3.8) is 0 Å². The number of rotatable bonds is 4. The summed E-state index contributed by atoms with van der Waals surface area (Å²) < 4.78 is 27.7. The summed E-state index contributed by atoms with van der Waals surface area (Å²) in [5, 5.41) is 3.10. The Bertz CT molecular complexity index is 911. The fraction of sp³-hybridized carbons (Fsp3) is 0.316. The molecule has 1 N–H and O–H groups in total. The summed E-state index contributed by atoms with van der Waals surface area (Å²) >= 11 is 6.24. The van der Waals surface area contributed by atoms with Crippen LogP contribution in [0.4, 0.5) is 0 Å². The zero-order chi connectivity index (χ0) is 18.9. The van der Waals surface area contributed by atoms with Crippen LogP contribution < -0.4 is 5.32 Å². The van der Waals surface area contributed by atoms with E-state index in [1.807, 2.05) is 26.0 Å². The predicted molar refractivity (Wildman–Crippen MR) is 102 cm³/mol. The molecule has 0 aromatic heterocycles. The average molecular weight is 393 g/mol. The second-order valence-corrected chi connectivity index (χ2v) is 8.85. The van der Waals surface area contributed by atoms with Gasteiger partial charge in [-0.2, -0.15) is 4.31 Å². The lowest BCUT2D eigenvalue weighted by molar-refractivity contribution is -0.126. The minimum atomic E-state index is -3.84. The fourth-order valence-electron chi connectivity index (χ4n) is 3.06. The molecule has 5 nitrogen and oxygen atoms in total. The lowest BCUT2D eigenvalue weighted by Gasteiger charge is -2.34. The van der Waals surface area contributed by atoms with Gasteiger partial charge in [0.15, 0.2) is 0 Å². The summed E-state index contributed by atoms with van der Waals surface area (Å²) in [5.41, 5.74) is 1.54. The molecule has 1 aliphatic rings. The highest BCUT2D eigenvalue weighted by Crippen LogP contribution is 2.33. The molecule has 2 aromatic rings. The Morgan fingerprint density at radius 3 is 2.38 bits per heavy atom. The summed E-state index contributed by atoms with van der Waals surface area (Å²) in [6.45, 7) is 4.55. The summed E-state index contributed by atoms with van der Waals surface area (Å²) in [6, 6.07) is 12.7. The maximum Gasteiger partial charge on any atom is 0.244 e. The number of benzene rings is 2. The highest BCUT2D eigenvalue weighted by atomic mass is 35.5. The van der Waals surface area contributed by atoms with E-state index in [1.165, 1.54) is 4.31 Å². The van der Waals surface area contributed by atoms with Crippen molar-refractivity contribution in [3.05, 3.63) is 64.7 Å². The van der Waals surface area contributed by atoms with Gasteiger partial charge in [0, 0.05) is 18.1 Å². The first-order valence-corrected chi connectivity index (χ1v) is 10.3. The van der Waals surface area contributed by atoms with Crippen LogP contribution in [-0.4, -0.2) is 31.7 Å². The molecule has 1 unspecified atom stereocenters. The second kappa shape index (κ2) is 7.39. The topological polar surface area (TPSA) is 66.5 Å². The molecule has 0 bridgehead atoms. The molecule has 26 heavy (non-hydrogen) atoms. The van der Waals surface area contributed by atoms with E-state index in [9.17, 15) is 13.2 Å². The Morgan fingerprint density at radius 2 is 1.77 bits per heavy atom. The van der Waals surface area contributed by atoms with Crippen molar-refractivity contribution in [1.29, 1.82) is 0 Å². The number of amides is 1. The van der Waals surface area contributed by atoms with Gasteiger partial charge in [-0.05, 0) is 35.2 Å². The minimum absolute atomic E-state index is 0.175. The van der Waals surface area contributed by atoms with Crippen LogP contribution in [0.15, 0.2) is 53.4 Å². The molecule has 1 heterocycles. The van der Waals surface area contributed by atoms with Crippen LogP contribution in [0.25, 0.3) is 0 Å². The molecule has 2 aromatic carbocycles. The number of halogens is 1. The third kappa shape index (κ3) is 3.49. The molecule has 1 atom stereocenters. The van der Waals surface area contributed by atoms with Crippen LogP contribution in [-0.2, 0) is 14.8 Å². The van der Waals surface area contributed by atoms with E-state index in [1.54, 1.807) is 36.4 Å². The fourth-order valence-corrected chi connectivity index (χ4v) is 4.87. The number of sulfonamides is 1. The lowest BCUT2D eigenvalue weighted by atomic mass is 10.0. The SMILES string of the molecule is CC(C)c1ccc(S(=O)(=O)N2CCNC(=O)C2c2ccccc2Cl)cc1. The van der Waals surface area contributed by atoms with Crippen molar-refractivity contribution in [3.8, 4) is 0 Å². The molecule has 0 aliphatic carbocycles. The Hall–Kier alpha value is -1.89. The van der Waals surface area contributed by atoms with Gasteiger partial charge in [0.1, 0.15) is 6.04 Å². The van der Waals surface area contributed by atoms with Gasteiger partial charge in [0.2, 0.25) is 15.9 Å². The van der Waals surface area contributed by atoms with E-state index in [4.69, 9.17) is 11.6 Å². The van der Waals surface area contributed by atoms with E-state index in [0.717, 1.165) is 5.56 Å². The van der Waals surface area contributed by atoms with Crippen LogP contribution in [0.3, 0.4) is 0 Å². The van der Waals surface area contributed by atoms with Gasteiger partial charge >= 0.3 is 0 Å². The van der Waals surface area contributed by atoms with Crippen LogP contribution in [0.5, 0.6) is 0 Å². The van der Waals surface area contributed by atoms with Gasteiger partial charge in [-0.1, -0.05) is 55.8 Å². The smallest absolute Gasteiger partial charge is 0.244 e. The summed E-state index contributed by atoms with van der Waals surface area (Å²) in [4.78, 5) is 12.7. The molecule has 0 radical (unpaired) electrons. The van der Waals surface area contributed by atoms with E-state index in [0.29, 0.717) is 16.5 Å². The Kier molecular flexibility index (Phi) is 5.37. The van der Waals surface area contributed by atoms with Gasteiger partial charge in [-0.3, -0.25) is 4.79 Å². The van der Waals surface area contributed by atoms with Gasteiger partial charge in [0.25, 0.3) is 0 Å². The zero-order valence-corrected chi connectivity index (χ0v) is 16.2. The summed E-state index contributed by atoms with van der Waals surface area (Å²) in [7, 11) is -3.84. The number of nitrogens with one attached hydrogen (secondary N) is 1. The van der Waals surface area contributed by atoms with Gasteiger partial charge in [-0.15, -0.1) is 0 Å². The molecule has 7 heteroatoms. The number of hydrogen-bond acceptors (Lipinski definition) is 3. The predicted octanol–water partition coefficient (Wildman–Crippen LogP) is 3.33. The Morgan fingerprint density at radius 1 is 1.12 bits per heavy atom. The van der Waals surface area contributed by atoms with E-state index >= 15 is 0 Å². The van der Waals surface area contributed by atoms with Crippen molar-refractivity contribution in [1.82, 2.24) is 9.62 Å². The number of carbonyl (C=O) groups is 1. The number of nitrogens with zero attached hydrogens (tertiary/aromatic N) is 1. The van der Waals surface area contributed by atoms with Crippen molar-refractivity contribution in [2.45, 2.75) is 30.7 Å². The van der Waals surface area contributed by atoms with Gasteiger partial charge < -0.3 is 5.32 Å². The first-order chi connectivity index (χ1) is 12.3. The van der Waals surface area contributed by atoms with Gasteiger partial charge in [-0.25, -0.2) is 8.42 Å². The Labute approximate surface area is 159 Å². The van der Waals surface area contributed by atoms with Crippen molar-refractivity contribution in [2.24, 2.45) is 0 Å². The van der Waals surface area contributed by atoms with Crippen molar-refractivity contribution < 1.29 is 13.2 Å². The molecule has 0 saturated carbocycles. The maximum atomic E-state index is 13.2. The van der Waals surface area contributed by atoms with Gasteiger partial charge in [0.05, 0.1) is 4.90 Å². The lowest BCUT2D eigenvalue weighted by Crippen LogP contribution is -2.52. The third-order valence-electron chi connectivity index (χ3n) is 4.52.